The average Bonchev–Trinajstić information content (AvgIpc) is 3.54. The number of fused-ring (bicyclic) bond motifs is 2. The van der Waals surface area contributed by atoms with E-state index in [9.17, 15) is 8.78 Å². The second-order valence-corrected chi connectivity index (χ2v) is 13.3. The van der Waals surface area contributed by atoms with E-state index in [1.807, 2.05) is 0 Å². The smallest absolute Gasteiger partial charge is 0.261 e. The molecule has 3 aliphatic heterocycles. The monoisotopic (exact) mass is 501 g/mol. The van der Waals surface area contributed by atoms with Crippen LogP contribution in [0.25, 0.3) is 10.8 Å². The molecule has 0 amide bonds. The van der Waals surface area contributed by atoms with Crippen LogP contribution in [0.3, 0.4) is 0 Å². The molecule has 2 saturated heterocycles. The Labute approximate surface area is 218 Å². The Morgan fingerprint density at radius 3 is 2.68 bits per heavy atom. The van der Waals surface area contributed by atoms with Gasteiger partial charge in [0.1, 0.15) is 0 Å². The predicted molar refractivity (Wildman–Crippen MR) is 143 cm³/mol. The Hall–Kier alpha value is -2.04. The van der Waals surface area contributed by atoms with Gasteiger partial charge in [-0.2, -0.15) is 0 Å². The first-order valence-electron chi connectivity index (χ1n) is 14.5. The van der Waals surface area contributed by atoms with Crippen LogP contribution in [-0.2, 0) is 4.74 Å². The lowest BCUT2D eigenvalue weighted by Gasteiger charge is -2.55. The van der Waals surface area contributed by atoms with Crippen molar-refractivity contribution in [2.45, 2.75) is 93.8 Å². The van der Waals surface area contributed by atoms with Crippen LogP contribution in [0.15, 0.2) is 65.8 Å². The zero-order valence-electron chi connectivity index (χ0n) is 21.8. The summed E-state index contributed by atoms with van der Waals surface area (Å²) in [6.45, 7) is 2.98. The molecule has 194 valence electrons. The van der Waals surface area contributed by atoms with E-state index >= 15 is 0 Å². The number of halogens is 2. The van der Waals surface area contributed by atoms with Crippen molar-refractivity contribution < 1.29 is 13.5 Å². The molecule has 3 heterocycles. The van der Waals surface area contributed by atoms with Gasteiger partial charge in [-0.25, -0.2) is 8.78 Å². The molecule has 2 saturated carbocycles. The molecule has 6 aliphatic rings. The molecule has 2 nitrogen and oxygen atoms in total. The van der Waals surface area contributed by atoms with Crippen molar-refractivity contribution in [2.24, 2.45) is 11.3 Å². The van der Waals surface area contributed by atoms with Crippen LogP contribution in [0.1, 0.15) is 76.2 Å². The highest BCUT2D eigenvalue weighted by Gasteiger charge is 2.66. The first kappa shape index (κ1) is 22.9. The number of hydrogen-bond acceptors (Lipinski definition) is 2. The van der Waals surface area contributed by atoms with Crippen LogP contribution in [0.5, 0.6) is 0 Å². The molecule has 4 heteroatoms. The number of ether oxygens (including phenoxy) is 1. The Kier molecular flexibility index (Phi) is 4.67. The molecule has 0 N–H and O–H groups in total. The third-order valence-electron chi connectivity index (χ3n) is 11.5. The standard InChI is InChI=1S/C33H37F2NO/c1-30-13-12-26-19-25-8-9-27(36-17-16-32(34,35)21-36)20-31(25)14-15-33(26,37-31)29(30)11-10-28(30)24-7-6-22-4-2-3-5-23(22)18-24/h2-7,12,18-19,27-29H,8-11,13-17,20-21H2,1H3/t27-,28-,29-,30-,31-,33-/m1/s1. The lowest BCUT2D eigenvalue weighted by molar-refractivity contribution is -0.141. The van der Waals surface area contributed by atoms with Gasteiger partial charge in [0.25, 0.3) is 5.92 Å². The Morgan fingerprint density at radius 2 is 1.84 bits per heavy atom. The molecular weight excluding hydrogens is 464 g/mol. The Balaban J connectivity index is 1.12. The fourth-order valence-electron chi connectivity index (χ4n) is 9.74. The van der Waals surface area contributed by atoms with Crippen molar-refractivity contribution >= 4 is 10.8 Å². The summed E-state index contributed by atoms with van der Waals surface area (Å²) in [6.07, 6.45) is 13.5. The van der Waals surface area contributed by atoms with Crippen LogP contribution in [0.4, 0.5) is 8.78 Å². The molecule has 8 rings (SSSR count). The summed E-state index contributed by atoms with van der Waals surface area (Å²) in [7, 11) is 0. The molecule has 3 aliphatic carbocycles. The van der Waals surface area contributed by atoms with Gasteiger partial charge in [-0.3, -0.25) is 4.90 Å². The molecule has 0 unspecified atom stereocenters. The largest absolute Gasteiger partial charge is 0.359 e. The molecule has 0 aromatic heterocycles. The van der Waals surface area contributed by atoms with Crippen molar-refractivity contribution in [1.82, 2.24) is 4.90 Å². The quantitative estimate of drug-likeness (QED) is 0.416. The van der Waals surface area contributed by atoms with Gasteiger partial charge < -0.3 is 4.74 Å². The summed E-state index contributed by atoms with van der Waals surface area (Å²) in [5, 5.41) is 2.64. The average molecular weight is 502 g/mol. The normalized spacial score (nSPS) is 42.2. The zero-order chi connectivity index (χ0) is 25.0. The predicted octanol–water partition coefficient (Wildman–Crippen LogP) is 7.79. The lowest BCUT2D eigenvalue weighted by Crippen LogP contribution is -2.55. The minimum Gasteiger partial charge on any atom is -0.359 e. The molecule has 2 aromatic rings. The van der Waals surface area contributed by atoms with E-state index in [4.69, 9.17) is 4.74 Å². The van der Waals surface area contributed by atoms with Crippen LogP contribution >= 0.6 is 0 Å². The number of hydrogen-bond donors (Lipinski definition) is 0. The maximum atomic E-state index is 14.0. The summed E-state index contributed by atoms with van der Waals surface area (Å²) in [6, 6.07) is 16.0. The fraction of sp³-hybridized carbons (Fsp3) is 0.576. The number of benzene rings is 2. The molecular formula is C33H37F2NO. The second kappa shape index (κ2) is 7.54. The molecule has 2 aromatic carbocycles. The highest BCUT2D eigenvalue weighted by Crippen LogP contribution is 2.69. The number of nitrogens with zero attached hydrogens (tertiary/aromatic N) is 1. The van der Waals surface area contributed by atoms with Crippen LogP contribution < -0.4 is 0 Å². The maximum absolute atomic E-state index is 14.0. The van der Waals surface area contributed by atoms with Gasteiger partial charge in [-0.05, 0) is 96.1 Å². The molecule has 4 fully saturated rings. The molecule has 6 atom stereocenters. The number of alkyl halides is 2. The Bertz CT molecular complexity index is 1350. The summed E-state index contributed by atoms with van der Waals surface area (Å²) >= 11 is 0. The van der Waals surface area contributed by atoms with E-state index in [0.29, 0.717) is 18.4 Å². The molecule has 0 radical (unpaired) electrons. The van der Waals surface area contributed by atoms with E-state index in [0.717, 1.165) is 38.5 Å². The van der Waals surface area contributed by atoms with E-state index < -0.39 is 5.92 Å². The van der Waals surface area contributed by atoms with Gasteiger partial charge in [0.2, 0.25) is 0 Å². The van der Waals surface area contributed by atoms with E-state index in [1.165, 1.54) is 40.3 Å². The van der Waals surface area contributed by atoms with Crippen molar-refractivity contribution in [1.29, 1.82) is 0 Å². The van der Waals surface area contributed by atoms with Gasteiger partial charge in [0, 0.05) is 19.0 Å². The van der Waals surface area contributed by atoms with Crippen molar-refractivity contribution in [3.8, 4) is 0 Å². The Morgan fingerprint density at radius 1 is 0.973 bits per heavy atom. The van der Waals surface area contributed by atoms with Gasteiger partial charge in [-0.1, -0.05) is 61.5 Å². The first-order chi connectivity index (χ1) is 17.8. The number of likely N-dealkylation sites (tertiary alicyclic amines) is 1. The highest BCUT2D eigenvalue weighted by molar-refractivity contribution is 5.83. The number of allylic oxidation sites excluding steroid dienone is 1. The van der Waals surface area contributed by atoms with Crippen LogP contribution in [0, 0.1) is 11.3 Å². The SMILES string of the molecule is C[C@]12CC=C3C=C4CC[C@@H](N5CCC(F)(F)C5)C[C@]45CC[C@]3(O5)[C@@H]1CC[C@@H]2c1ccc2ccccc2c1. The van der Waals surface area contributed by atoms with Gasteiger partial charge in [0.15, 0.2) is 0 Å². The minimum absolute atomic E-state index is 0.00741. The van der Waals surface area contributed by atoms with Gasteiger partial charge >= 0.3 is 0 Å². The third-order valence-corrected chi connectivity index (χ3v) is 11.5. The van der Waals surface area contributed by atoms with E-state index in [2.05, 4.69) is 66.4 Å². The van der Waals surface area contributed by atoms with Gasteiger partial charge in [-0.15, -0.1) is 0 Å². The van der Waals surface area contributed by atoms with E-state index in [1.54, 1.807) is 0 Å². The first-order valence-corrected chi connectivity index (χ1v) is 14.5. The lowest BCUT2D eigenvalue weighted by atomic mass is 9.58. The number of rotatable bonds is 2. The minimum atomic E-state index is -2.53. The van der Waals surface area contributed by atoms with Crippen LogP contribution in [-0.4, -0.2) is 41.2 Å². The molecule has 2 spiro atoms. The van der Waals surface area contributed by atoms with Crippen molar-refractivity contribution in [3.63, 3.8) is 0 Å². The topological polar surface area (TPSA) is 12.5 Å². The van der Waals surface area contributed by atoms with Crippen molar-refractivity contribution in [3.05, 3.63) is 71.3 Å². The van der Waals surface area contributed by atoms with Crippen molar-refractivity contribution in [2.75, 3.05) is 13.1 Å². The molecule has 37 heavy (non-hydrogen) atoms. The van der Waals surface area contributed by atoms with Gasteiger partial charge in [0.05, 0.1) is 17.7 Å². The molecule has 2 bridgehead atoms. The third kappa shape index (κ3) is 3.15. The second-order valence-electron chi connectivity index (χ2n) is 13.3. The highest BCUT2D eigenvalue weighted by atomic mass is 19.3. The fourth-order valence-corrected chi connectivity index (χ4v) is 9.74. The maximum Gasteiger partial charge on any atom is 0.261 e. The summed E-state index contributed by atoms with van der Waals surface area (Å²) < 4.78 is 35.5. The summed E-state index contributed by atoms with van der Waals surface area (Å²) in [5.74, 6) is -1.49. The summed E-state index contributed by atoms with van der Waals surface area (Å²) in [5.41, 5.74) is 4.10. The summed E-state index contributed by atoms with van der Waals surface area (Å²) in [4.78, 5) is 2.07. The van der Waals surface area contributed by atoms with E-state index in [-0.39, 0.29) is 35.6 Å². The zero-order valence-corrected chi connectivity index (χ0v) is 21.8. The van der Waals surface area contributed by atoms with Crippen LogP contribution in [0.2, 0.25) is 0 Å².